The van der Waals surface area contributed by atoms with E-state index in [-0.39, 0.29) is 29.7 Å². The summed E-state index contributed by atoms with van der Waals surface area (Å²) in [5.74, 6) is -4.70. The summed E-state index contributed by atoms with van der Waals surface area (Å²) in [4.78, 5) is 40.8. The maximum absolute atomic E-state index is 14.0. The van der Waals surface area contributed by atoms with Crippen molar-refractivity contribution in [3.63, 3.8) is 0 Å². The molecule has 10 nitrogen and oxygen atoms in total. The molecule has 1 aromatic rings. The second-order valence-electron chi connectivity index (χ2n) is 14.0. The van der Waals surface area contributed by atoms with Crippen LogP contribution in [0.3, 0.4) is 0 Å². The molecule has 7 atom stereocenters. The van der Waals surface area contributed by atoms with Crippen molar-refractivity contribution in [2.45, 2.75) is 64.1 Å². The molecule has 0 heterocycles. The molecule has 7 N–H and O–H groups in total. The first-order valence-corrected chi connectivity index (χ1v) is 15.4. The van der Waals surface area contributed by atoms with Gasteiger partial charge in [0.05, 0.1) is 11.6 Å². The number of phenols is 1. The van der Waals surface area contributed by atoms with Gasteiger partial charge < -0.3 is 31.5 Å². The van der Waals surface area contributed by atoms with Gasteiger partial charge >= 0.3 is 0 Å². The van der Waals surface area contributed by atoms with E-state index in [2.05, 4.69) is 19.2 Å². The molecule has 1 amide bonds. The number of aliphatic hydroxyl groups is 3. The summed E-state index contributed by atoms with van der Waals surface area (Å²) in [5, 5.41) is 49.0. The fourth-order valence-corrected chi connectivity index (χ4v) is 9.37. The number of carbonyl (C=O) groups is 3. The Kier molecular flexibility index (Phi) is 7.04. The summed E-state index contributed by atoms with van der Waals surface area (Å²) in [6.45, 7) is 5.98. The van der Waals surface area contributed by atoms with Gasteiger partial charge in [-0.2, -0.15) is 0 Å². The number of halogens is 1. The summed E-state index contributed by atoms with van der Waals surface area (Å²) in [6.07, 6.45) is 3.90. The van der Waals surface area contributed by atoms with E-state index in [4.69, 9.17) is 17.3 Å². The highest BCUT2D eigenvalue weighted by molar-refractivity contribution is 6.32. The highest BCUT2D eigenvalue weighted by Gasteiger charge is 2.64. The zero-order valence-electron chi connectivity index (χ0n) is 24.9. The van der Waals surface area contributed by atoms with Gasteiger partial charge in [-0.25, -0.2) is 0 Å². The van der Waals surface area contributed by atoms with E-state index in [9.17, 15) is 34.8 Å². The van der Waals surface area contributed by atoms with E-state index in [1.807, 2.05) is 0 Å². The topological polar surface area (TPSA) is 173 Å². The number of Topliss-reactive ketones (excluding diaryl/α,β-unsaturated/α-hetero) is 2. The normalized spacial score (nSPS) is 34.5. The van der Waals surface area contributed by atoms with Crippen LogP contribution < -0.4 is 11.1 Å². The lowest BCUT2D eigenvalue weighted by Gasteiger charge is -2.60. The van der Waals surface area contributed by atoms with Crippen molar-refractivity contribution in [2.24, 2.45) is 40.7 Å². The molecule has 232 valence electrons. The van der Waals surface area contributed by atoms with Crippen LogP contribution in [0.4, 0.5) is 0 Å². The molecule has 2 bridgehead atoms. The van der Waals surface area contributed by atoms with Crippen molar-refractivity contribution >= 4 is 34.8 Å². The molecule has 4 fully saturated rings. The Morgan fingerprint density at radius 1 is 1.14 bits per heavy atom. The molecule has 6 aliphatic rings. The quantitative estimate of drug-likeness (QED) is 0.264. The smallest absolute Gasteiger partial charge is 0.255 e. The average molecular weight is 614 g/mol. The highest BCUT2D eigenvalue weighted by Crippen LogP contribution is 2.61. The largest absolute Gasteiger partial charge is 0.508 e. The van der Waals surface area contributed by atoms with Crippen molar-refractivity contribution in [3.05, 3.63) is 44.7 Å². The van der Waals surface area contributed by atoms with Crippen LogP contribution in [-0.2, 0) is 27.3 Å². The molecule has 0 aromatic heterocycles. The van der Waals surface area contributed by atoms with Gasteiger partial charge in [0.25, 0.3) is 5.91 Å². The maximum Gasteiger partial charge on any atom is 0.255 e. The van der Waals surface area contributed by atoms with E-state index in [0.717, 1.165) is 12.5 Å². The predicted octanol–water partition coefficient (Wildman–Crippen LogP) is 2.78. The Morgan fingerprint density at radius 2 is 1.84 bits per heavy atom. The van der Waals surface area contributed by atoms with Gasteiger partial charge in [-0.05, 0) is 99.0 Å². The Hall–Kier alpha value is -2.92. The number of fused-ring (bicyclic) bond motifs is 5. The second-order valence-corrected chi connectivity index (χ2v) is 14.4. The number of rotatable bonds is 6. The third-order valence-corrected chi connectivity index (χ3v) is 11.9. The van der Waals surface area contributed by atoms with Gasteiger partial charge in [0.2, 0.25) is 5.78 Å². The van der Waals surface area contributed by atoms with Crippen LogP contribution >= 0.6 is 11.6 Å². The van der Waals surface area contributed by atoms with E-state index >= 15 is 0 Å². The number of aromatic hydroxyl groups is 1. The second kappa shape index (κ2) is 10.1. The van der Waals surface area contributed by atoms with Crippen molar-refractivity contribution in [2.75, 3.05) is 20.6 Å². The van der Waals surface area contributed by atoms with Crippen LogP contribution in [0.1, 0.15) is 56.2 Å². The lowest BCUT2D eigenvalue weighted by molar-refractivity contribution is -0.153. The number of nitrogens with one attached hydrogen (secondary N) is 1. The van der Waals surface area contributed by atoms with Crippen LogP contribution in [0.5, 0.6) is 5.75 Å². The summed E-state index contributed by atoms with van der Waals surface area (Å²) in [5.41, 5.74) is 3.20. The van der Waals surface area contributed by atoms with Gasteiger partial charge in [-0.3, -0.25) is 19.3 Å². The molecule has 6 aliphatic carbocycles. The molecular weight excluding hydrogens is 574 g/mol. The number of nitrogens with two attached hydrogens (primary N) is 1. The molecule has 0 saturated heterocycles. The number of benzene rings is 1. The number of ketones is 2. The molecule has 0 radical (unpaired) electrons. The first-order valence-electron chi connectivity index (χ1n) is 15.0. The number of nitrogens with zero attached hydrogens (tertiary/aromatic N) is 1. The Balaban J connectivity index is 1.33. The summed E-state index contributed by atoms with van der Waals surface area (Å²) in [7, 11) is 3.14. The third-order valence-electron chi connectivity index (χ3n) is 11.5. The Bertz CT molecular complexity index is 1510. The number of phenolic OH excluding ortho intramolecular Hbond substituents is 1. The minimum Gasteiger partial charge on any atom is -0.508 e. The van der Waals surface area contributed by atoms with Crippen LogP contribution in [0, 0.1) is 35.0 Å². The Morgan fingerprint density at radius 3 is 2.44 bits per heavy atom. The number of carbonyl (C=O) groups excluding carboxylic acids is 3. The monoisotopic (exact) mass is 613 g/mol. The molecule has 11 heteroatoms. The van der Waals surface area contributed by atoms with E-state index < -0.39 is 58.0 Å². The lowest BCUT2D eigenvalue weighted by Crippen LogP contribution is -2.65. The minimum atomic E-state index is -2.66. The lowest BCUT2D eigenvalue weighted by atomic mass is 9.45. The van der Waals surface area contributed by atoms with E-state index in [0.29, 0.717) is 39.9 Å². The number of likely N-dealkylation sites (N-methyl/N-ethyl adjacent to an activating group) is 1. The molecule has 1 aromatic carbocycles. The standard InChI is InChI=1S/C32H40ClN3O7/c1-31(2)16-6-5-13(18(31)10-16)11-35-12-15-9-20(37)22-17(24(15)33)7-14-8-19-25(36(3)4)27(39)23(30(34)42)29(41)32(19,43)28(40)21(14)26(22)38/h9,13-14,16,18-19,25,35,37-38,41,43H,5-8,10-12H2,1-4H3,(H2,34,42)/t13-,14+,16?,18?,19+,25+,32+/m1/s1. The molecular formula is C32H40ClN3O7. The average Bonchev–Trinajstić information content (AvgIpc) is 2.92. The molecule has 2 unspecified atom stereocenters. The number of hydrogen-bond acceptors (Lipinski definition) is 9. The minimum absolute atomic E-state index is 0.000389. The van der Waals surface area contributed by atoms with Gasteiger partial charge in [0.15, 0.2) is 11.4 Å². The number of primary amides is 1. The summed E-state index contributed by atoms with van der Waals surface area (Å²) in [6, 6.07) is 0.344. The molecule has 0 aliphatic heterocycles. The molecule has 7 rings (SSSR count). The molecule has 0 spiro atoms. The molecule has 4 saturated carbocycles. The van der Waals surface area contributed by atoms with Crippen molar-refractivity contribution in [1.82, 2.24) is 10.2 Å². The SMILES string of the molecule is CN(C)[C@@H]1C(=O)C(C(N)=O)=C(O)[C@@]2(O)C(=O)C3=C(O)c4c(O)cc(CNC[C@H]5CCC6CC5C6(C)C)c(Cl)c4C[C@H]3C[C@@H]12. The summed E-state index contributed by atoms with van der Waals surface area (Å²) >= 11 is 6.90. The zero-order chi connectivity index (χ0) is 31.3. The van der Waals surface area contributed by atoms with E-state index in [1.54, 1.807) is 14.1 Å². The summed E-state index contributed by atoms with van der Waals surface area (Å²) < 4.78 is 0. The number of aliphatic hydroxyl groups excluding tert-OH is 2. The van der Waals surface area contributed by atoms with Crippen LogP contribution in [0.15, 0.2) is 23.0 Å². The first-order chi connectivity index (χ1) is 20.1. The van der Waals surface area contributed by atoms with Gasteiger partial charge in [-0.15, -0.1) is 0 Å². The van der Waals surface area contributed by atoms with Crippen molar-refractivity contribution < 1.29 is 34.8 Å². The number of hydrogen-bond donors (Lipinski definition) is 6. The fraction of sp³-hybridized carbons (Fsp3) is 0.594. The van der Waals surface area contributed by atoms with E-state index in [1.165, 1.54) is 30.2 Å². The number of amides is 1. The zero-order valence-corrected chi connectivity index (χ0v) is 25.7. The first kappa shape index (κ1) is 30.1. The van der Waals surface area contributed by atoms with Crippen LogP contribution in [0.2, 0.25) is 5.02 Å². The van der Waals surface area contributed by atoms with Gasteiger partial charge in [-0.1, -0.05) is 25.4 Å². The van der Waals surface area contributed by atoms with Crippen molar-refractivity contribution in [1.29, 1.82) is 0 Å². The van der Waals surface area contributed by atoms with Crippen LogP contribution in [-0.4, -0.2) is 75.1 Å². The third kappa shape index (κ3) is 4.13. The van der Waals surface area contributed by atoms with Crippen LogP contribution in [0.25, 0.3) is 5.76 Å². The maximum atomic E-state index is 14.0. The highest BCUT2D eigenvalue weighted by atomic mass is 35.5. The Labute approximate surface area is 255 Å². The van der Waals surface area contributed by atoms with Gasteiger partial charge in [0, 0.05) is 23.1 Å². The molecule has 43 heavy (non-hydrogen) atoms. The predicted molar refractivity (Wildman–Crippen MR) is 159 cm³/mol. The van der Waals surface area contributed by atoms with Gasteiger partial charge in [0.1, 0.15) is 22.8 Å². The van der Waals surface area contributed by atoms with Crippen molar-refractivity contribution in [3.8, 4) is 5.75 Å². The fourth-order valence-electron chi connectivity index (χ4n) is 9.07.